The lowest BCUT2D eigenvalue weighted by atomic mass is 9.98. The van der Waals surface area contributed by atoms with E-state index in [0.29, 0.717) is 0 Å². The van der Waals surface area contributed by atoms with E-state index in [2.05, 4.69) is 31.9 Å². The zero-order chi connectivity index (χ0) is 32.9. The summed E-state index contributed by atoms with van der Waals surface area (Å²) in [6.45, 7) is 13.5. The van der Waals surface area contributed by atoms with Gasteiger partial charge in [0.15, 0.2) is 0 Å². The molecule has 0 saturated carbocycles. The Kier molecular flexibility index (Phi) is 16.3. The molecule has 0 rings (SSSR count). The summed E-state index contributed by atoms with van der Waals surface area (Å²) in [4.78, 5) is 87.0. The van der Waals surface area contributed by atoms with Gasteiger partial charge in [-0.3, -0.25) is 33.6 Å². The van der Waals surface area contributed by atoms with E-state index in [0.717, 1.165) is 0 Å². The zero-order valence-corrected chi connectivity index (χ0v) is 26.0. The molecular formula is C27H49N7O8. The average Bonchev–Trinajstić information content (AvgIpc) is 2.87. The van der Waals surface area contributed by atoms with Crippen molar-refractivity contribution in [3.63, 3.8) is 0 Å². The molecule has 0 heterocycles. The highest BCUT2D eigenvalue weighted by atomic mass is 16.3. The predicted molar refractivity (Wildman–Crippen MR) is 154 cm³/mol. The molecule has 0 aliphatic carbocycles. The van der Waals surface area contributed by atoms with Crippen LogP contribution >= 0.6 is 0 Å². The molecule has 7 amide bonds. The third kappa shape index (κ3) is 12.8. The highest BCUT2D eigenvalue weighted by molar-refractivity contribution is 5.96. The van der Waals surface area contributed by atoms with Crippen LogP contribution < -0.4 is 37.6 Å². The maximum atomic E-state index is 13.3. The van der Waals surface area contributed by atoms with Gasteiger partial charge in [-0.2, -0.15) is 0 Å². The van der Waals surface area contributed by atoms with Crippen LogP contribution in [0.15, 0.2) is 0 Å². The molecule has 240 valence electrons. The van der Waals surface area contributed by atoms with Gasteiger partial charge in [-0.05, 0) is 23.7 Å². The Morgan fingerprint density at radius 1 is 0.571 bits per heavy atom. The van der Waals surface area contributed by atoms with Crippen LogP contribution in [0.3, 0.4) is 0 Å². The Balaban J connectivity index is 5.54. The summed E-state index contributed by atoms with van der Waals surface area (Å²) in [5, 5.41) is 24.4. The number of hydrogen-bond acceptors (Lipinski definition) is 8. The van der Waals surface area contributed by atoms with Gasteiger partial charge < -0.3 is 42.7 Å². The van der Waals surface area contributed by atoms with Crippen molar-refractivity contribution in [1.82, 2.24) is 31.9 Å². The van der Waals surface area contributed by atoms with Crippen molar-refractivity contribution in [2.24, 2.45) is 29.4 Å². The predicted octanol–water partition coefficient (Wildman–Crippen LogP) is -2.35. The molecule has 0 aromatic rings. The van der Waals surface area contributed by atoms with Gasteiger partial charge in [0.2, 0.25) is 41.4 Å². The van der Waals surface area contributed by atoms with Crippen molar-refractivity contribution in [1.29, 1.82) is 0 Å². The maximum absolute atomic E-state index is 13.3. The Labute approximate surface area is 247 Å². The number of rotatable bonds is 17. The first-order valence-electron chi connectivity index (χ1n) is 14.0. The molecule has 42 heavy (non-hydrogen) atoms. The fraction of sp³-hybridized carbons (Fsp3) is 0.741. The first-order chi connectivity index (χ1) is 19.3. The number of primary amides is 1. The smallest absolute Gasteiger partial charge is 0.245 e. The largest absolute Gasteiger partial charge is 0.394 e. The minimum Gasteiger partial charge on any atom is -0.394 e. The quantitative estimate of drug-likeness (QED) is 0.0898. The van der Waals surface area contributed by atoms with Gasteiger partial charge in [0.1, 0.15) is 30.2 Å². The van der Waals surface area contributed by atoms with E-state index < -0.39 is 102 Å². The molecule has 9 N–H and O–H groups in total. The van der Waals surface area contributed by atoms with E-state index in [1.807, 2.05) is 0 Å². The normalized spacial score (nSPS) is 14.8. The third-order valence-corrected chi connectivity index (χ3v) is 6.33. The van der Waals surface area contributed by atoms with Gasteiger partial charge >= 0.3 is 0 Å². The monoisotopic (exact) mass is 599 g/mol. The average molecular weight is 600 g/mol. The summed E-state index contributed by atoms with van der Waals surface area (Å²) in [7, 11) is 0. The molecule has 0 spiro atoms. The number of nitrogens with two attached hydrogens (primary N) is 1. The van der Waals surface area contributed by atoms with Gasteiger partial charge in [0, 0.05) is 6.92 Å². The molecule has 0 radical (unpaired) electrons. The SMILES string of the molecule is CC(=O)N[C@@H](CO)C(=O)N[C@H](C(=O)N[C@H](C(=O)N[C@H](C(=O)NCC(=O)N[C@H](C(N)=O)C(C)C)C(C)C)C(C)C)C(C)C. The fourth-order valence-corrected chi connectivity index (χ4v) is 3.85. The lowest BCUT2D eigenvalue weighted by molar-refractivity contribution is -0.136. The van der Waals surface area contributed by atoms with Gasteiger partial charge in [0.05, 0.1) is 13.2 Å². The molecule has 15 nitrogen and oxygen atoms in total. The summed E-state index contributed by atoms with van der Waals surface area (Å²) in [5.74, 6) is -6.16. The summed E-state index contributed by atoms with van der Waals surface area (Å²) < 4.78 is 0. The Hall–Kier alpha value is -3.75. The lowest BCUT2D eigenvalue weighted by Gasteiger charge is -2.30. The number of hydrogen-bond donors (Lipinski definition) is 8. The van der Waals surface area contributed by atoms with Crippen molar-refractivity contribution >= 4 is 41.4 Å². The summed E-state index contributed by atoms with van der Waals surface area (Å²) in [6.07, 6.45) is 0. The zero-order valence-electron chi connectivity index (χ0n) is 26.0. The van der Waals surface area contributed by atoms with E-state index in [4.69, 9.17) is 5.73 Å². The van der Waals surface area contributed by atoms with Crippen LogP contribution in [0.25, 0.3) is 0 Å². The molecule has 0 saturated heterocycles. The number of carbonyl (C=O) groups is 7. The lowest BCUT2D eigenvalue weighted by Crippen LogP contribution is -2.61. The molecule has 0 aliphatic heterocycles. The Morgan fingerprint density at radius 3 is 1.29 bits per heavy atom. The van der Waals surface area contributed by atoms with Crippen LogP contribution in [-0.2, 0) is 33.6 Å². The van der Waals surface area contributed by atoms with Crippen molar-refractivity contribution in [3.8, 4) is 0 Å². The van der Waals surface area contributed by atoms with Crippen LogP contribution in [0.1, 0.15) is 62.3 Å². The van der Waals surface area contributed by atoms with Crippen LogP contribution in [-0.4, -0.2) is 89.8 Å². The molecule has 0 unspecified atom stereocenters. The number of amides is 7. The number of aliphatic hydroxyl groups is 1. The standard InChI is InChI=1S/C27H49N7O8/c1-12(2)19(23(28)38)31-18(37)10-29-25(40)20(13(3)4)33-27(42)22(15(7)8)34-26(41)21(14(5)6)32-24(39)17(11-35)30-16(9)36/h12-15,17,19-22,35H,10-11H2,1-9H3,(H2,28,38)(H,29,40)(H,30,36)(H,31,37)(H,32,39)(H,33,42)(H,34,41)/t17-,19-,20-,21-,22-/m0/s1. The second kappa shape index (κ2) is 17.9. The van der Waals surface area contributed by atoms with Gasteiger partial charge in [-0.1, -0.05) is 55.4 Å². The molecule has 0 bridgehead atoms. The van der Waals surface area contributed by atoms with Crippen LogP contribution in [0.4, 0.5) is 0 Å². The maximum Gasteiger partial charge on any atom is 0.245 e. The van der Waals surface area contributed by atoms with Crippen molar-refractivity contribution in [3.05, 3.63) is 0 Å². The van der Waals surface area contributed by atoms with Crippen LogP contribution in [0, 0.1) is 23.7 Å². The Bertz CT molecular complexity index is 984. The summed E-state index contributed by atoms with van der Waals surface area (Å²) in [6, 6.07) is -5.44. The van der Waals surface area contributed by atoms with E-state index in [-0.39, 0.29) is 5.92 Å². The van der Waals surface area contributed by atoms with Gasteiger partial charge in [0.25, 0.3) is 0 Å². The number of nitrogens with one attached hydrogen (secondary N) is 6. The third-order valence-electron chi connectivity index (χ3n) is 6.33. The highest BCUT2D eigenvalue weighted by Crippen LogP contribution is 2.09. The van der Waals surface area contributed by atoms with Crippen LogP contribution in [0.2, 0.25) is 0 Å². The molecule has 0 aromatic heterocycles. The topological polar surface area (TPSA) is 238 Å². The summed E-state index contributed by atoms with van der Waals surface area (Å²) in [5.41, 5.74) is 5.30. The van der Waals surface area contributed by atoms with E-state index in [9.17, 15) is 38.7 Å². The van der Waals surface area contributed by atoms with Crippen LogP contribution in [0.5, 0.6) is 0 Å². The molecule has 5 atom stereocenters. The molecule has 0 fully saturated rings. The van der Waals surface area contributed by atoms with E-state index in [1.54, 1.807) is 55.4 Å². The fourth-order valence-electron chi connectivity index (χ4n) is 3.85. The van der Waals surface area contributed by atoms with E-state index in [1.165, 1.54) is 6.92 Å². The molecule has 0 aliphatic rings. The Morgan fingerprint density at radius 2 is 0.952 bits per heavy atom. The van der Waals surface area contributed by atoms with Crippen molar-refractivity contribution in [2.45, 2.75) is 92.5 Å². The van der Waals surface area contributed by atoms with Crippen molar-refractivity contribution in [2.75, 3.05) is 13.2 Å². The van der Waals surface area contributed by atoms with E-state index >= 15 is 0 Å². The minimum atomic E-state index is -1.26. The first-order valence-corrected chi connectivity index (χ1v) is 14.0. The van der Waals surface area contributed by atoms with Gasteiger partial charge in [-0.25, -0.2) is 0 Å². The molecule has 15 heteroatoms. The second-order valence-corrected chi connectivity index (χ2v) is 11.5. The van der Waals surface area contributed by atoms with Crippen molar-refractivity contribution < 1.29 is 38.7 Å². The molecular weight excluding hydrogens is 550 g/mol. The van der Waals surface area contributed by atoms with Gasteiger partial charge in [-0.15, -0.1) is 0 Å². The number of carbonyl (C=O) groups excluding carboxylic acids is 7. The number of aliphatic hydroxyl groups excluding tert-OH is 1. The highest BCUT2D eigenvalue weighted by Gasteiger charge is 2.34. The second-order valence-electron chi connectivity index (χ2n) is 11.5. The first kappa shape index (κ1) is 38.2. The molecule has 0 aromatic carbocycles. The minimum absolute atomic E-state index is 0.259. The summed E-state index contributed by atoms with van der Waals surface area (Å²) >= 11 is 0.